The van der Waals surface area contributed by atoms with Gasteiger partial charge in [0, 0.05) is 11.6 Å². The van der Waals surface area contributed by atoms with Gasteiger partial charge in [0.2, 0.25) is 0 Å². The van der Waals surface area contributed by atoms with Gasteiger partial charge in [-0.15, -0.1) is 11.3 Å². The van der Waals surface area contributed by atoms with Gasteiger partial charge in [0.15, 0.2) is 0 Å². The van der Waals surface area contributed by atoms with Crippen molar-refractivity contribution in [3.05, 3.63) is 40.4 Å². The molecule has 1 aromatic carbocycles. The van der Waals surface area contributed by atoms with E-state index in [9.17, 15) is 9.90 Å². The number of carbonyl (C=O) groups is 1. The van der Waals surface area contributed by atoms with Crippen LogP contribution in [0.5, 0.6) is 0 Å². The van der Waals surface area contributed by atoms with Gasteiger partial charge in [-0.3, -0.25) is 4.79 Å². The second kappa shape index (κ2) is 7.01. The highest BCUT2D eigenvalue weighted by Gasteiger charge is 2.32. The van der Waals surface area contributed by atoms with E-state index in [-0.39, 0.29) is 18.0 Å². The van der Waals surface area contributed by atoms with Crippen molar-refractivity contribution in [3.8, 4) is 10.6 Å². The van der Waals surface area contributed by atoms with Crippen LogP contribution in [0.4, 0.5) is 0 Å². The molecule has 0 radical (unpaired) electrons. The zero-order valence-electron chi connectivity index (χ0n) is 14.0. The Hall–Kier alpha value is -1.76. The molecule has 3 rings (SSSR count). The molecule has 4 N–H and O–H groups in total. The smallest absolute Gasteiger partial charge is 0.263 e. The predicted octanol–water partition coefficient (Wildman–Crippen LogP) is 2.26. The van der Waals surface area contributed by atoms with Gasteiger partial charge in [0.25, 0.3) is 5.91 Å². The summed E-state index contributed by atoms with van der Waals surface area (Å²) in [4.78, 5) is 17.7. The van der Waals surface area contributed by atoms with E-state index in [4.69, 9.17) is 5.73 Å². The summed E-state index contributed by atoms with van der Waals surface area (Å²) in [7, 11) is 0. The number of aliphatic hydroxyl groups is 1. The molecule has 0 aliphatic heterocycles. The molecular weight excluding hydrogens is 322 g/mol. The number of aryl methyl sites for hydroxylation is 2. The first-order chi connectivity index (χ1) is 11.5. The van der Waals surface area contributed by atoms with Crippen LogP contribution in [0.25, 0.3) is 10.6 Å². The fourth-order valence-electron chi connectivity index (χ4n) is 3.06. The summed E-state index contributed by atoms with van der Waals surface area (Å²) >= 11 is 1.38. The highest BCUT2D eigenvalue weighted by atomic mass is 32.1. The van der Waals surface area contributed by atoms with E-state index in [0.29, 0.717) is 23.4 Å². The van der Waals surface area contributed by atoms with Crippen LogP contribution in [0.15, 0.2) is 24.3 Å². The lowest BCUT2D eigenvalue weighted by Gasteiger charge is -2.15. The normalized spacial score (nSPS) is 23.4. The van der Waals surface area contributed by atoms with Gasteiger partial charge in [-0.2, -0.15) is 0 Å². The van der Waals surface area contributed by atoms with E-state index in [0.717, 1.165) is 17.0 Å². The lowest BCUT2D eigenvalue weighted by molar-refractivity contribution is 0.0876. The van der Waals surface area contributed by atoms with Gasteiger partial charge in [-0.25, -0.2) is 4.98 Å². The number of hydrogen-bond acceptors (Lipinski definition) is 5. The summed E-state index contributed by atoms with van der Waals surface area (Å²) in [5.74, 6) is -0.181. The number of aliphatic hydroxyl groups excluding tert-OH is 1. The lowest BCUT2D eigenvalue weighted by Crippen LogP contribution is -2.40. The van der Waals surface area contributed by atoms with E-state index in [1.54, 1.807) is 0 Å². The monoisotopic (exact) mass is 345 g/mol. The van der Waals surface area contributed by atoms with Crippen molar-refractivity contribution < 1.29 is 9.90 Å². The van der Waals surface area contributed by atoms with E-state index in [1.165, 1.54) is 16.9 Å². The lowest BCUT2D eigenvalue weighted by atomic mass is 10.1. The van der Waals surface area contributed by atoms with Crippen molar-refractivity contribution in [1.29, 1.82) is 0 Å². The summed E-state index contributed by atoms with van der Waals surface area (Å²) in [6, 6.07) is 7.92. The first-order valence-electron chi connectivity index (χ1n) is 8.29. The number of nitrogens with one attached hydrogen (secondary N) is 1. The van der Waals surface area contributed by atoms with E-state index < -0.39 is 6.10 Å². The van der Waals surface area contributed by atoms with Crippen molar-refractivity contribution >= 4 is 17.2 Å². The third-order valence-corrected chi connectivity index (χ3v) is 5.70. The maximum Gasteiger partial charge on any atom is 0.263 e. The van der Waals surface area contributed by atoms with Crippen LogP contribution in [0.1, 0.15) is 40.7 Å². The SMILES string of the molecule is CCc1ccc(-c2nc(C)c(C(=O)N[C@@H]3C[C@@H](N)C[C@H]3O)s2)cc1. The van der Waals surface area contributed by atoms with Crippen molar-refractivity contribution in [3.63, 3.8) is 0 Å². The molecule has 24 heavy (non-hydrogen) atoms. The van der Waals surface area contributed by atoms with Crippen LogP contribution in [0, 0.1) is 6.92 Å². The second-order valence-electron chi connectivity index (χ2n) is 6.36. The molecule has 0 spiro atoms. The molecular formula is C18H23N3O2S. The van der Waals surface area contributed by atoms with Crippen LogP contribution in [0.2, 0.25) is 0 Å². The number of benzene rings is 1. The fraction of sp³-hybridized carbons (Fsp3) is 0.444. The van der Waals surface area contributed by atoms with Gasteiger partial charge in [-0.05, 0) is 31.7 Å². The average molecular weight is 345 g/mol. The molecule has 1 aliphatic carbocycles. The molecule has 3 atom stereocenters. The predicted molar refractivity (Wildman–Crippen MR) is 96.1 cm³/mol. The summed E-state index contributed by atoms with van der Waals surface area (Å²) in [6.45, 7) is 3.96. The highest BCUT2D eigenvalue weighted by molar-refractivity contribution is 7.17. The van der Waals surface area contributed by atoms with Gasteiger partial charge in [0.05, 0.1) is 17.8 Å². The molecule has 6 heteroatoms. The zero-order chi connectivity index (χ0) is 17.3. The van der Waals surface area contributed by atoms with Crippen molar-refractivity contribution in [2.24, 2.45) is 5.73 Å². The largest absolute Gasteiger partial charge is 0.391 e. The number of hydrogen-bond donors (Lipinski definition) is 3. The Bertz CT molecular complexity index is 726. The number of thiazole rings is 1. The standard InChI is InChI=1S/C18H23N3O2S/c1-3-11-4-6-12(7-5-11)18-20-10(2)16(24-18)17(23)21-14-8-13(19)9-15(14)22/h4-7,13-15,22H,3,8-9,19H2,1-2H3,(H,21,23)/t13-,14-,15-/m1/s1. The quantitative estimate of drug-likeness (QED) is 0.793. The Morgan fingerprint density at radius 1 is 1.38 bits per heavy atom. The maximum absolute atomic E-state index is 12.5. The van der Waals surface area contributed by atoms with Crippen molar-refractivity contribution in [1.82, 2.24) is 10.3 Å². The molecule has 2 aromatic rings. The van der Waals surface area contributed by atoms with Crippen LogP contribution >= 0.6 is 11.3 Å². The molecule has 1 aromatic heterocycles. The van der Waals surface area contributed by atoms with Gasteiger partial charge in [-0.1, -0.05) is 31.2 Å². The molecule has 0 bridgehead atoms. The number of carbonyl (C=O) groups excluding carboxylic acids is 1. The highest BCUT2D eigenvalue weighted by Crippen LogP contribution is 2.29. The summed E-state index contributed by atoms with van der Waals surface area (Å²) in [6.07, 6.45) is 1.56. The second-order valence-corrected chi connectivity index (χ2v) is 7.36. The van der Waals surface area contributed by atoms with Crippen LogP contribution in [0.3, 0.4) is 0 Å². The minimum Gasteiger partial charge on any atom is -0.391 e. The number of amides is 1. The van der Waals surface area contributed by atoms with E-state index in [2.05, 4.69) is 29.4 Å². The Morgan fingerprint density at radius 2 is 2.08 bits per heavy atom. The summed E-state index contributed by atoms with van der Waals surface area (Å²) in [5, 5.41) is 13.7. The first kappa shape index (κ1) is 17.1. The van der Waals surface area contributed by atoms with Crippen molar-refractivity contribution in [2.45, 2.75) is 51.3 Å². The number of aromatic nitrogens is 1. The molecule has 5 nitrogen and oxygen atoms in total. The van der Waals surface area contributed by atoms with Crippen LogP contribution in [-0.4, -0.2) is 34.2 Å². The molecule has 0 unspecified atom stereocenters. The number of nitrogens with zero attached hydrogens (tertiary/aromatic N) is 1. The third kappa shape index (κ3) is 3.50. The van der Waals surface area contributed by atoms with E-state index in [1.807, 2.05) is 19.1 Å². The average Bonchev–Trinajstić information content (AvgIpc) is 3.10. The van der Waals surface area contributed by atoms with Crippen LogP contribution < -0.4 is 11.1 Å². The van der Waals surface area contributed by atoms with Crippen molar-refractivity contribution in [2.75, 3.05) is 0 Å². The maximum atomic E-state index is 12.5. The molecule has 1 heterocycles. The zero-order valence-corrected chi connectivity index (χ0v) is 14.8. The van der Waals surface area contributed by atoms with Crippen LogP contribution in [-0.2, 0) is 6.42 Å². The molecule has 1 aliphatic rings. The molecule has 128 valence electrons. The Morgan fingerprint density at radius 3 is 2.67 bits per heavy atom. The summed E-state index contributed by atoms with van der Waals surface area (Å²) in [5.41, 5.74) is 8.85. The number of nitrogens with two attached hydrogens (primary N) is 1. The van der Waals surface area contributed by atoms with E-state index >= 15 is 0 Å². The topological polar surface area (TPSA) is 88.2 Å². The molecule has 0 saturated heterocycles. The van der Waals surface area contributed by atoms with Gasteiger partial charge in [0.1, 0.15) is 9.88 Å². The number of rotatable bonds is 4. The Kier molecular flexibility index (Phi) is 4.99. The fourth-order valence-corrected chi connectivity index (χ4v) is 4.03. The first-order valence-corrected chi connectivity index (χ1v) is 9.10. The molecule has 1 amide bonds. The third-order valence-electron chi connectivity index (χ3n) is 4.49. The Balaban J connectivity index is 1.76. The minimum absolute atomic E-state index is 0.0551. The molecule has 1 fully saturated rings. The minimum atomic E-state index is -0.571. The Labute approximate surface area is 145 Å². The molecule has 1 saturated carbocycles. The van der Waals surface area contributed by atoms with Gasteiger partial charge < -0.3 is 16.2 Å². The summed E-state index contributed by atoms with van der Waals surface area (Å²) < 4.78 is 0. The van der Waals surface area contributed by atoms with Gasteiger partial charge >= 0.3 is 0 Å².